The topological polar surface area (TPSA) is 48.1 Å². The average Bonchev–Trinajstić information content (AvgIpc) is 2.85. The second kappa shape index (κ2) is 4.86. The standard InChI is InChI=1S/C16H20N2OS/c1-4-13-11(3)20-15(18-13)16(17)10(2)9-19-14-8-6-5-7-12(14)16/h5-8,10H,4,9,17H2,1-3H3. The quantitative estimate of drug-likeness (QED) is 0.923. The van der Waals surface area contributed by atoms with Crippen molar-refractivity contribution in [1.82, 2.24) is 4.98 Å². The number of aromatic nitrogens is 1. The van der Waals surface area contributed by atoms with Crippen LogP contribution in [0.25, 0.3) is 0 Å². The molecule has 106 valence electrons. The molecule has 0 fully saturated rings. The van der Waals surface area contributed by atoms with Gasteiger partial charge in [-0.3, -0.25) is 0 Å². The van der Waals surface area contributed by atoms with E-state index >= 15 is 0 Å². The molecule has 1 aromatic carbocycles. The van der Waals surface area contributed by atoms with Gasteiger partial charge in [-0.25, -0.2) is 4.98 Å². The lowest BCUT2D eigenvalue weighted by Gasteiger charge is -2.39. The summed E-state index contributed by atoms with van der Waals surface area (Å²) in [5.41, 5.74) is 8.51. The maximum absolute atomic E-state index is 6.84. The SMILES string of the molecule is CCc1nc(C2(N)c3ccccc3OCC2C)sc1C. The number of fused-ring (bicyclic) bond motifs is 1. The Morgan fingerprint density at radius 3 is 2.90 bits per heavy atom. The van der Waals surface area contributed by atoms with Gasteiger partial charge in [-0.15, -0.1) is 11.3 Å². The van der Waals surface area contributed by atoms with E-state index in [0.29, 0.717) is 6.61 Å². The summed E-state index contributed by atoms with van der Waals surface area (Å²) >= 11 is 1.72. The molecule has 2 aromatic rings. The number of hydrogen-bond acceptors (Lipinski definition) is 4. The van der Waals surface area contributed by atoms with E-state index in [0.717, 1.165) is 28.4 Å². The van der Waals surface area contributed by atoms with Crippen molar-refractivity contribution in [2.75, 3.05) is 6.61 Å². The molecule has 2 unspecified atom stereocenters. The number of para-hydroxylation sites is 1. The van der Waals surface area contributed by atoms with Crippen LogP contribution in [-0.4, -0.2) is 11.6 Å². The number of thiazole rings is 1. The van der Waals surface area contributed by atoms with Crippen LogP contribution >= 0.6 is 11.3 Å². The minimum atomic E-state index is -0.544. The molecule has 1 aliphatic rings. The van der Waals surface area contributed by atoms with Gasteiger partial charge in [0.1, 0.15) is 16.3 Å². The lowest BCUT2D eigenvalue weighted by molar-refractivity contribution is 0.167. The van der Waals surface area contributed by atoms with Gasteiger partial charge < -0.3 is 10.5 Å². The van der Waals surface area contributed by atoms with Gasteiger partial charge in [-0.2, -0.15) is 0 Å². The Morgan fingerprint density at radius 2 is 2.20 bits per heavy atom. The average molecular weight is 288 g/mol. The third-order valence-corrected chi connectivity index (χ3v) is 5.34. The molecule has 1 aromatic heterocycles. The smallest absolute Gasteiger partial charge is 0.124 e. The van der Waals surface area contributed by atoms with Crippen LogP contribution in [0.4, 0.5) is 0 Å². The van der Waals surface area contributed by atoms with Crippen LogP contribution in [0.1, 0.15) is 35.0 Å². The van der Waals surface area contributed by atoms with Gasteiger partial charge in [0.05, 0.1) is 12.3 Å². The number of nitrogens with zero attached hydrogens (tertiary/aromatic N) is 1. The van der Waals surface area contributed by atoms with Gasteiger partial charge >= 0.3 is 0 Å². The third kappa shape index (κ3) is 1.86. The fourth-order valence-corrected chi connectivity index (χ4v) is 4.04. The molecule has 0 amide bonds. The second-order valence-corrected chi connectivity index (χ2v) is 6.66. The number of benzene rings is 1. The fraction of sp³-hybridized carbons (Fsp3) is 0.438. The first-order valence-electron chi connectivity index (χ1n) is 7.05. The zero-order chi connectivity index (χ0) is 14.3. The molecule has 3 nitrogen and oxygen atoms in total. The Balaban J connectivity index is 2.18. The van der Waals surface area contributed by atoms with Crippen molar-refractivity contribution in [3.8, 4) is 5.75 Å². The van der Waals surface area contributed by atoms with E-state index in [1.54, 1.807) is 11.3 Å². The molecule has 3 rings (SSSR count). The highest BCUT2D eigenvalue weighted by atomic mass is 32.1. The van der Waals surface area contributed by atoms with E-state index < -0.39 is 5.54 Å². The maximum Gasteiger partial charge on any atom is 0.124 e. The van der Waals surface area contributed by atoms with Crippen molar-refractivity contribution in [3.63, 3.8) is 0 Å². The van der Waals surface area contributed by atoms with Gasteiger partial charge in [-0.1, -0.05) is 32.0 Å². The monoisotopic (exact) mass is 288 g/mol. The molecule has 2 heterocycles. The normalized spacial score (nSPS) is 25.1. The van der Waals surface area contributed by atoms with Crippen LogP contribution in [0.15, 0.2) is 24.3 Å². The number of aryl methyl sites for hydroxylation is 2. The molecule has 0 aliphatic carbocycles. The molecule has 2 N–H and O–H groups in total. The van der Waals surface area contributed by atoms with Crippen molar-refractivity contribution in [1.29, 1.82) is 0 Å². The van der Waals surface area contributed by atoms with Crippen LogP contribution < -0.4 is 10.5 Å². The highest BCUT2D eigenvalue weighted by molar-refractivity contribution is 7.11. The molecule has 1 aliphatic heterocycles. The largest absolute Gasteiger partial charge is 0.493 e. The first kappa shape index (κ1) is 13.6. The van der Waals surface area contributed by atoms with Gasteiger partial charge in [0.2, 0.25) is 0 Å². The lowest BCUT2D eigenvalue weighted by Crippen LogP contribution is -2.49. The zero-order valence-electron chi connectivity index (χ0n) is 12.1. The molecule has 0 bridgehead atoms. The Kier molecular flexibility index (Phi) is 3.30. The Morgan fingerprint density at radius 1 is 1.45 bits per heavy atom. The summed E-state index contributed by atoms with van der Waals surface area (Å²) in [4.78, 5) is 6.08. The van der Waals surface area contributed by atoms with Crippen LogP contribution in [0.2, 0.25) is 0 Å². The number of ether oxygens (including phenoxy) is 1. The Hall–Kier alpha value is -1.39. The van der Waals surface area contributed by atoms with Crippen molar-refractivity contribution >= 4 is 11.3 Å². The zero-order valence-corrected chi connectivity index (χ0v) is 13.0. The predicted molar refractivity (Wildman–Crippen MR) is 82.3 cm³/mol. The molecular formula is C16H20N2OS. The Labute approximate surface area is 123 Å². The number of rotatable bonds is 2. The first-order valence-corrected chi connectivity index (χ1v) is 7.87. The van der Waals surface area contributed by atoms with Gasteiger partial charge in [0.25, 0.3) is 0 Å². The molecule has 2 atom stereocenters. The highest BCUT2D eigenvalue weighted by Gasteiger charge is 2.44. The van der Waals surface area contributed by atoms with E-state index in [1.165, 1.54) is 4.88 Å². The molecular weight excluding hydrogens is 268 g/mol. The van der Waals surface area contributed by atoms with Crippen LogP contribution in [0.3, 0.4) is 0 Å². The highest BCUT2D eigenvalue weighted by Crippen LogP contribution is 2.44. The van der Waals surface area contributed by atoms with E-state index in [2.05, 4.69) is 26.8 Å². The fourth-order valence-electron chi connectivity index (χ4n) is 2.80. The second-order valence-electron chi connectivity index (χ2n) is 5.45. The summed E-state index contributed by atoms with van der Waals surface area (Å²) in [7, 11) is 0. The van der Waals surface area contributed by atoms with Crippen molar-refractivity contribution in [2.24, 2.45) is 11.7 Å². The summed E-state index contributed by atoms with van der Waals surface area (Å²) in [5, 5.41) is 1.01. The number of hydrogen-bond donors (Lipinski definition) is 1. The van der Waals surface area contributed by atoms with Crippen LogP contribution in [-0.2, 0) is 12.0 Å². The molecule has 4 heteroatoms. The minimum Gasteiger partial charge on any atom is -0.493 e. The van der Waals surface area contributed by atoms with Crippen molar-refractivity contribution in [2.45, 2.75) is 32.7 Å². The summed E-state index contributed by atoms with van der Waals surface area (Å²) < 4.78 is 5.81. The molecule has 0 saturated heterocycles. The Bertz CT molecular complexity index is 637. The van der Waals surface area contributed by atoms with Gasteiger partial charge in [0.15, 0.2) is 0 Å². The summed E-state index contributed by atoms with van der Waals surface area (Å²) in [6, 6.07) is 8.06. The first-order chi connectivity index (χ1) is 9.57. The third-order valence-electron chi connectivity index (χ3n) is 4.18. The minimum absolute atomic E-state index is 0.202. The van der Waals surface area contributed by atoms with E-state index in [4.69, 9.17) is 15.5 Å². The van der Waals surface area contributed by atoms with Crippen molar-refractivity contribution < 1.29 is 4.74 Å². The van der Waals surface area contributed by atoms with E-state index in [9.17, 15) is 0 Å². The molecule has 0 spiro atoms. The van der Waals surface area contributed by atoms with Crippen LogP contribution in [0, 0.1) is 12.8 Å². The van der Waals surface area contributed by atoms with E-state index in [1.807, 2.05) is 18.2 Å². The number of nitrogens with two attached hydrogens (primary N) is 1. The summed E-state index contributed by atoms with van der Waals surface area (Å²) in [5.74, 6) is 1.09. The van der Waals surface area contributed by atoms with Crippen LogP contribution in [0.5, 0.6) is 5.75 Å². The van der Waals surface area contributed by atoms with E-state index in [-0.39, 0.29) is 5.92 Å². The molecule has 0 radical (unpaired) electrons. The lowest BCUT2D eigenvalue weighted by atomic mass is 9.78. The summed E-state index contributed by atoms with van der Waals surface area (Å²) in [6.45, 7) is 7.03. The summed E-state index contributed by atoms with van der Waals surface area (Å²) in [6.07, 6.45) is 0.949. The predicted octanol–water partition coefficient (Wildman–Crippen LogP) is 3.24. The maximum atomic E-state index is 6.84. The molecule has 20 heavy (non-hydrogen) atoms. The van der Waals surface area contributed by atoms with Crippen molar-refractivity contribution in [3.05, 3.63) is 45.4 Å². The molecule has 0 saturated carbocycles. The van der Waals surface area contributed by atoms with Gasteiger partial charge in [0, 0.05) is 16.4 Å². The van der Waals surface area contributed by atoms with Gasteiger partial charge in [-0.05, 0) is 19.4 Å².